The van der Waals surface area contributed by atoms with Gasteiger partial charge in [-0.05, 0) is 29.7 Å². The second-order valence-electron chi connectivity index (χ2n) is 6.50. The SMILES string of the molecule is O=C(CSCc1cc(=O)n2ccsc2n1)N1CC=C(c2ccc(O)cc2)CC1. The van der Waals surface area contributed by atoms with Gasteiger partial charge in [0.25, 0.3) is 5.56 Å². The van der Waals surface area contributed by atoms with Crippen LogP contribution in [0.15, 0.2) is 52.8 Å². The Bertz CT molecular complexity index is 1090. The van der Waals surface area contributed by atoms with Gasteiger partial charge in [-0.15, -0.1) is 23.1 Å². The number of hydrogen-bond donors (Lipinski definition) is 1. The van der Waals surface area contributed by atoms with Crippen molar-refractivity contribution in [2.75, 3.05) is 18.8 Å². The maximum absolute atomic E-state index is 12.5. The van der Waals surface area contributed by atoms with Crippen LogP contribution in [0.4, 0.5) is 0 Å². The molecule has 1 aliphatic heterocycles. The van der Waals surface area contributed by atoms with Crippen LogP contribution in [0, 0.1) is 0 Å². The van der Waals surface area contributed by atoms with Crippen LogP contribution in [0.1, 0.15) is 17.7 Å². The van der Waals surface area contributed by atoms with Crippen LogP contribution in [0.2, 0.25) is 0 Å². The second-order valence-corrected chi connectivity index (χ2v) is 8.36. The largest absolute Gasteiger partial charge is 0.508 e. The number of fused-ring (bicyclic) bond motifs is 1. The van der Waals surface area contributed by atoms with Crippen LogP contribution >= 0.6 is 23.1 Å². The van der Waals surface area contributed by atoms with Gasteiger partial charge in [-0.2, -0.15) is 0 Å². The van der Waals surface area contributed by atoms with Crippen LogP contribution in [0.5, 0.6) is 5.75 Å². The molecule has 0 radical (unpaired) electrons. The van der Waals surface area contributed by atoms with Crippen molar-refractivity contribution in [3.8, 4) is 5.75 Å². The summed E-state index contributed by atoms with van der Waals surface area (Å²) in [6.45, 7) is 1.28. The number of carbonyl (C=O) groups excluding carboxylic acids is 1. The van der Waals surface area contributed by atoms with E-state index in [-0.39, 0.29) is 17.2 Å². The number of hydrogen-bond acceptors (Lipinski definition) is 6. The van der Waals surface area contributed by atoms with E-state index in [2.05, 4.69) is 11.1 Å². The van der Waals surface area contributed by atoms with Gasteiger partial charge in [0.15, 0.2) is 4.96 Å². The maximum Gasteiger partial charge on any atom is 0.258 e. The molecule has 0 spiro atoms. The summed E-state index contributed by atoms with van der Waals surface area (Å²) in [5.74, 6) is 1.26. The number of phenols is 1. The molecule has 0 fully saturated rings. The Hall–Kier alpha value is -2.58. The molecule has 4 rings (SSSR count). The molecule has 0 saturated heterocycles. The van der Waals surface area contributed by atoms with Crippen molar-refractivity contribution in [1.82, 2.24) is 14.3 Å². The Morgan fingerprint density at radius 1 is 1.29 bits per heavy atom. The third-order valence-electron chi connectivity index (χ3n) is 4.63. The van der Waals surface area contributed by atoms with E-state index in [0.717, 1.165) is 12.0 Å². The van der Waals surface area contributed by atoms with Crippen molar-refractivity contribution < 1.29 is 9.90 Å². The number of phenolic OH excluding ortho intramolecular Hbond substituents is 1. The summed E-state index contributed by atoms with van der Waals surface area (Å²) in [5, 5.41) is 11.2. The molecule has 0 unspecified atom stereocenters. The van der Waals surface area contributed by atoms with Crippen molar-refractivity contribution in [3.63, 3.8) is 0 Å². The minimum atomic E-state index is -0.0869. The van der Waals surface area contributed by atoms with E-state index in [1.54, 1.807) is 18.3 Å². The topological polar surface area (TPSA) is 74.9 Å². The van der Waals surface area contributed by atoms with Crippen molar-refractivity contribution >= 4 is 39.5 Å². The Labute approximate surface area is 170 Å². The summed E-state index contributed by atoms with van der Waals surface area (Å²) < 4.78 is 1.52. The lowest BCUT2D eigenvalue weighted by Gasteiger charge is -2.26. The molecule has 6 nitrogen and oxygen atoms in total. The number of carbonyl (C=O) groups is 1. The molecule has 8 heteroatoms. The van der Waals surface area contributed by atoms with E-state index in [9.17, 15) is 14.7 Å². The molecule has 1 aromatic carbocycles. The van der Waals surface area contributed by atoms with Crippen LogP contribution in [0.3, 0.4) is 0 Å². The molecule has 0 atom stereocenters. The van der Waals surface area contributed by atoms with Crippen LogP contribution in [-0.4, -0.2) is 44.1 Å². The third-order valence-corrected chi connectivity index (χ3v) is 6.34. The third kappa shape index (κ3) is 4.13. The number of thioether (sulfide) groups is 1. The number of rotatable bonds is 5. The predicted molar refractivity (Wildman–Crippen MR) is 113 cm³/mol. The zero-order valence-corrected chi connectivity index (χ0v) is 16.7. The first kappa shape index (κ1) is 18.8. The lowest BCUT2D eigenvalue weighted by atomic mass is 9.99. The molecular formula is C20H19N3O3S2. The first-order valence-electron chi connectivity index (χ1n) is 8.90. The summed E-state index contributed by atoms with van der Waals surface area (Å²) in [6, 6.07) is 8.68. The number of benzene rings is 1. The zero-order valence-electron chi connectivity index (χ0n) is 15.1. The fourth-order valence-electron chi connectivity index (χ4n) is 3.13. The predicted octanol–water partition coefficient (Wildman–Crippen LogP) is 3.01. The minimum absolute atomic E-state index is 0.0869. The van der Waals surface area contributed by atoms with E-state index >= 15 is 0 Å². The standard InChI is InChI=1S/C20H19N3O3S2/c24-17-3-1-14(2-4-17)15-5-7-22(8-6-15)19(26)13-27-12-16-11-18(25)23-9-10-28-20(23)21-16/h1-5,9-11,24H,6-8,12-13H2. The highest BCUT2D eigenvalue weighted by Gasteiger charge is 2.18. The summed E-state index contributed by atoms with van der Waals surface area (Å²) in [6.07, 6.45) is 4.59. The van der Waals surface area contributed by atoms with Crippen LogP contribution in [-0.2, 0) is 10.5 Å². The highest BCUT2D eigenvalue weighted by atomic mass is 32.2. The average molecular weight is 414 g/mol. The molecule has 3 aromatic rings. The van der Waals surface area contributed by atoms with Gasteiger partial charge < -0.3 is 10.0 Å². The van der Waals surface area contributed by atoms with E-state index in [1.807, 2.05) is 22.4 Å². The lowest BCUT2D eigenvalue weighted by molar-refractivity contribution is -0.127. The summed E-state index contributed by atoms with van der Waals surface area (Å²) in [4.78, 5) is 31.5. The molecule has 3 heterocycles. The quantitative estimate of drug-likeness (QED) is 0.696. The molecule has 28 heavy (non-hydrogen) atoms. The molecule has 144 valence electrons. The van der Waals surface area contributed by atoms with Crippen LogP contribution < -0.4 is 5.56 Å². The number of nitrogens with zero attached hydrogens (tertiary/aromatic N) is 3. The second kappa shape index (κ2) is 8.20. The first-order valence-corrected chi connectivity index (χ1v) is 10.9. The van der Waals surface area contributed by atoms with Crippen molar-refractivity contribution in [1.29, 1.82) is 0 Å². The maximum atomic E-state index is 12.5. The normalized spacial score (nSPS) is 14.3. The Balaban J connectivity index is 1.30. The van der Waals surface area contributed by atoms with Gasteiger partial charge in [-0.1, -0.05) is 18.2 Å². The Kier molecular flexibility index (Phi) is 5.50. The molecule has 1 N–H and O–H groups in total. The molecule has 0 saturated carbocycles. The Morgan fingerprint density at radius 2 is 2.11 bits per heavy atom. The van der Waals surface area contributed by atoms with E-state index in [1.165, 1.54) is 39.1 Å². The van der Waals surface area contributed by atoms with Gasteiger partial charge in [-0.3, -0.25) is 14.0 Å². The van der Waals surface area contributed by atoms with Crippen molar-refractivity contribution in [2.24, 2.45) is 0 Å². The van der Waals surface area contributed by atoms with E-state index < -0.39 is 0 Å². The minimum Gasteiger partial charge on any atom is -0.508 e. The molecule has 1 amide bonds. The van der Waals surface area contributed by atoms with Crippen LogP contribution in [0.25, 0.3) is 10.5 Å². The van der Waals surface area contributed by atoms with E-state index in [0.29, 0.717) is 35.3 Å². The first-order chi connectivity index (χ1) is 13.6. The monoisotopic (exact) mass is 413 g/mol. The van der Waals surface area contributed by atoms with Gasteiger partial charge in [0.2, 0.25) is 5.91 Å². The summed E-state index contributed by atoms with van der Waals surface area (Å²) >= 11 is 2.91. The zero-order chi connectivity index (χ0) is 19.5. The van der Waals surface area contributed by atoms with Gasteiger partial charge >= 0.3 is 0 Å². The molecule has 0 aliphatic carbocycles. The fourth-order valence-corrected chi connectivity index (χ4v) is 4.68. The number of thiazole rings is 1. The molecule has 0 bridgehead atoms. The number of aromatic hydroxyl groups is 1. The van der Waals surface area contributed by atoms with E-state index in [4.69, 9.17) is 0 Å². The van der Waals surface area contributed by atoms with Gasteiger partial charge in [0, 0.05) is 36.5 Å². The van der Waals surface area contributed by atoms with Crippen molar-refractivity contribution in [2.45, 2.75) is 12.2 Å². The Morgan fingerprint density at radius 3 is 2.86 bits per heavy atom. The lowest BCUT2D eigenvalue weighted by Crippen LogP contribution is -2.35. The highest BCUT2D eigenvalue weighted by molar-refractivity contribution is 7.99. The fraction of sp³-hybridized carbons (Fsp3) is 0.250. The smallest absolute Gasteiger partial charge is 0.258 e. The number of amides is 1. The average Bonchev–Trinajstić information content (AvgIpc) is 3.18. The molecule has 2 aromatic heterocycles. The summed E-state index contributed by atoms with van der Waals surface area (Å²) in [7, 11) is 0. The van der Waals surface area contributed by atoms with Gasteiger partial charge in [0.1, 0.15) is 5.75 Å². The van der Waals surface area contributed by atoms with Gasteiger partial charge in [-0.25, -0.2) is 4.98 Å². The van der Waals surface area contributed by atoms with Crippen molar-refractivity contribution in [3.05, 3.63) is 69.6 Å². The summed E-state index contributed by atoms with van der Waals surface area (Å²) in [5.41, 5.74) is 2.90. The number of aromatic nitrogens is 2. The highest BCUT2D eigenvalue weighted by Crippen LogP contribution is 2.24. The van der Waals surface area contributed by atoms with Gasteiger partial charge in [0.05, 0.1) is 11.4 Å². The molecular weight excluding hydrogens is 394 g/mol. The molecule has 1 aliphatic rings.